The van der Waals surface area contributed by atoms with Gasteiger partial charge in [0, 0.05) is 12.2 Å². The summed E-state index contributed by atoms with van der Waals surface area (Å²) in [5.74, 6) is -1.33. The van der Waals surface area contributed by atoms with Crippen LogP contribution in [0, 0.1) is 5.41 Å². The Morgan fingerprint density at radius 1 is 1.57 bits per heavy atom. The second-order valence-corrected chi connectivity index (χ2v) is 6.24. The molecule has 7 heteroatoms. The number of carbonyl (C=O) groups is 2. The van der Waals surface area contributed by atoms with E-state index in [9.17, 15) is 14.7 Å². The molecule has 1 fully saturated rings. The van der Waals surface area contributed by atoms with Crippen molar-refractivity contribution in [1.29, 1.82) is 0 Å². The summed E-state index contributed by atoms with van der Waals surface area (Å²) in [7, 11) is 0. The van der Waals surface area contributed by atoms with Crippen molar-refractivity contribution in [3.8, 4) is 0 Å². The van der Waals surface area contributed by atoms with Gasteiger partial charge in [-0.1, -0.05) is 11.6 Å². The van der Waals surface area contributed by atoms with Crippen LogP contribution < -0.4 is 5.32 Å². The molecule has 0 aliphatic carbocycles. The lowest BCUT2D eigenvalue weighted by Crippen LogP contribution is -2.50. The summed E-state index contributed by atoms with van der Waals surface area (Å²) in [6, 6.07) is 1.07. The van der Waals surface area contributed by atoms with E-state index in [0.29, 0.717) is 10.7 Å². The van der Waals surface area contributed by atoms with E-state index in [1.54, 1.807) is 23.8 Å². The Labute approximate surface area is 128 Å². The summed E-state index contributed by atoms with van der Waals surface area (Å²) in [4.78, 5) is 23.8. The maximum atomic E-state index is 12.4. The molecular weight excluding hydrogens is 296 g/mol. The highest BCUT2D eigenvalue weighted by molar-refractivity contribution is 6.31. The molecule has 2 unspecified atom stereocenters. The normalized spacial score (nSPS) is 25.3. The fraction of sp³-hybridized carbons (Fsp3) is 0.571. The van der Waals surface area contributed by atoms with Gasteiger partial charge in [-0.2, -0.15) is 0 Å². The number of carboxylic acids is 1. The van der Waals surface area contributed by atoms with Gasteiger partial charge in [0.15, 0.2) is 0 Å². The van der Waals surface area contributed by atoms with Gasteiger partial charge in [-0.3, -0.25) is 9.59 Å². The van der Waals surface area contributed by atoms with Crippen LogP contribution in [-0.2, 0) is 9.53 Å². The molecule has 21 heavy (non-hydrogen) atoms. The van der Waals surface area contributed by atoms with E-state index in [0.717, 1.165) is 0 Å². The first-order chi connectivity index (χ1) is 9.75. The van der Waals surface area contributed by atoms with Gasteiger partial charge in [0.25, 0.3) is 5.91 Å². The summed E-state index contributed by atoms with van der Waals surface area (Å²) in [5.41, 5.74) is -0.705. The second-order valence-electron chi connectivity index (χ2n) is 5.81. The molecule has 1 aromatic heterocycles. The fourth-order valence-corrected chi connectivity index (χ4v) is 2.58. The number of aliphatic carboxylic acids is 1. The van der Waals surface area contributed by atoms with Crippen molar-refractivity contribution in [3.63, 3.8) is 0 Å². The molecule has 2 heterocycles. The Hall–Kier alpha value is -1.53. The molecule has 1 amide bonds. The number of ether oxygens (including phenoxy) is 1. The number of hydrogen-bond acceptors (Lipinski definition) is 3. The van der Waals surface area contributed by atoms with Crippen molar-refractivity contribution in [2.24, 2.45) is 5.41 Å². The molecule has 1 aliphatic heterocycles. The van der Waals surface area contributed by atoms with E-state index in [4.69, 9.17) is 16.3 Å². The molecule has 2 rings (SSSR count). The number of amides is 1. The van der Waals surface area contributed by atoms with Crippen LogP contribution in [0.15, 0.2) is 12.3 Å². The molecule has 116 valence electrons. The largest absolute Gasteiger partial charge is 0.481 e. The third-order valence-corrected chi connectivity index (χ3v) is 4.06. The van der Waals surface area contributed by atoms with Gasteiger partial charge >= 0.3 is 5.97 Å². The third kappa shape index (κ3) is 2.91. The quantitative estimate of drug-likeness (QED) is 0.890. The molecule has 0 spiro atoms. The Morgan fingerprint density at radius 3 is 2.81 bits per heavy atom. The summed E-state index contributed by atoms with van der Waals surface area (Å²) < 4.78 is 6.98. The van der Waals surface area contributed by atoms with Crippen molar-refractivity contribution in [3.05, 3.63) is 23.0 Å². The summed E-state index contributed by atoms with van der Waals surface area (Å²) in [5, 5.41) is 12.5. The van der Waals surface area contributed by atoms with Gasteiger partial charge < -0.3 is 19.7 Å². The van der Waals surface area contributed by atoms with Crippen LogP contribution in [-0.4, -0.2) is 40.8 Å². The van der Waals surface area contributed by atoms with Gasteiger partial charge in [0.2, 0.25) is 0 Å². The lowest BCUT2D eigenvalue weighted by molar-refractivity contribution is -0.148. The van der Waals surface area contributed by atoms with E-state index in [-0.39, 0.29) is 25.2 Å². The minimum Gasteiger partial charge on any atom is -0.481 e. The molecule has 0 aromatic carbocycles. The summed E-state index contributed by atoms with van der Waals surface area (Å²) >= 11 is 5.96. The zero-order valence-electron chi connectivity index (χ0n) is 12.2. The molecule has 2 atom stereocenters. The number of carboxylic acid groups (broad SMARTS) is 1. The number of carbonyl (C=O) groups excluding carboxylic acids is 1. The number of rotatable bonds is 4. The van der Waals surface area contributed by atoms with E-state index in [1.807, 2.05) is 13.8 Å². The molecule has 0 bridgehead atoms. The van der Waals surface area contributed by atoms with Gasteiger partial charge in [0.1, 0.15) is 11.1 Å². The molecule has 1 aliphatic rings. The van der Waals surface area contributed by atoms with Gasteiger partial charge in [-0.05, 0) is 26.8 Å². The van der Waals surface area contributed by atoms with Crippen molar-refractivity contribution in [2.45, 2.75) is 32.9 Å². The maximum absolute atomic E-state index is 12.4. The third-order valence-electron chi connectivity index (χ3n) is 3.85. The predicted molar refractivity (Wildman–Crippen MR) is 77.6 cm³/mol. The molecule has 6 nitrogen and oxygen atoms in total. The van der Waals surface area contributed by atoms with E-state index >= 15 is 0 Å². The van der Waals surface area contributed by atoms with Crippen LogP contribution >= 0.6 is 11.6 Å². The highest BCUT2D eigenvalue weighted by Gasteiger charge is 2.47. The zero-order valence-corrected chi connectivity index (χ0v) is 13.0. The number of nitrogens with one attached hydrogen (secondary N) is 1. The smallest absolute Gasteiger partial charge is 0.313 e. The standard InChI is InChI=1S/C14H19ClN2O4/c1-8(2)17-5-9(15)4-10(17)12(18)16-11-6-21-7-14(11,3)13(19)20/h4-5,8,11H,6-7H2,1-3H3,(H,16,18)(H,19,20). The molecule has 0 radical (unpaired) electrons. The van der Waals surface area contributed by atoms with Crippen molar-refractivity contribution >= 4 is 23.5 Å². The number of nitrogens with zero attached hydrogens (tertiary/aromatic N) is 1. The SMILES string of the molecule is CC(C)n1cc(Cl)cc1C(=O)NC1COCC1(C)C(=O)O. The number of hydrogen-bond donors (Lipinski definition) is 2. The molecule has 0 saturated carbocycles. The Kier molecular flexibility index (Phi) is 4.30. The number of aromatic nitrogens is 1. The lowest BCUT2D eigenvalue weighted by Gasteiger charge is -2.25. The van der Waals surface area contributed by atoms with Crippen molar-refractivity contribution < 1.29 is 19.4 Å². The van der Waals surface area contributed by atoms with Crippen LogP contribution in [0.4, 0.5) is 0 Å². The average molecular weight is 315 g/mol. The van der Waals surface area contributed by atoms with E-state index in [2.05, 4.69) is 5.32 Å². The minimum atomic E-state index is -1.12. The van der Waals surface area contributed by atoms with Crippen molar-refractivity contribution in [2.75, 3.05) is 13.2 Å². The van der Waals surface area contributed by atoms with Crippen LogP contribution in [0.2, 0.25) is 5.02 Å². The Bertz CT molecular complexity index is 569. The van der Waals surface area contributed by atoms with Crippen LogP contribution in [0.25, 0.3) is 0 Å². The van der Waals surface area contributed by atoms with E-state index in [1.165, 1.54) is 0 Å². The van der Waals surface area contributed by atoms with Crippen LogP contribution in [0.3, 0.4) is 0 Å². The Morgan fingerprint density at radius 2 is 2.24 bits per heavy atom. The fourth-order valence-electron chi connectivity index (χ4n) is 2.37. The average Bonchev–Trinajstić information content (AvgIpc) is 2.95. The molecule has 1 saturated heterocycles. The monoisotopic (exact) mass is 314 g/mol. The first kappa shape index (κ1) is 15.9. The molecule has 2 N–H and O–H groups in total. The minimum absolute atomic E-state index is 0.0731. The maximum Gasteiger partial charge on any atom is 0.313 e. The Balaban J connectivity index is 2.21. The topological polar surface area (TPSA) is 80.6 Å². The van der Waals surface area contributed by atoms with Gasteiger partial charge in [-0.15, -0.1) is 0 Å². The first-order valence-electron chi connectivity index (χ1n) is 6.75. The second kappa shape index (κ2) is 5.69. The highest BCUT2D eigenvalue weighted by Crippen LogP contribution is 2.29. The summed E-state index contributed by atoms with van der Waals surface area (Å²) in [6.45, 7) is 5.71. The zero-order chi connectivity index (χ0) is 15.8. The van der Waals surface area contributed by atoms with Gasteiger partial charge in [-0.25, -0.2) is 0 Å². The predicted octanol–water partition coefficient (Wildman–Crippen LogP) is 1.94. The summed E-state index contributed by atoms with van der Waals surface area (Å²) in [6.07, 6.45) is 1.68. The molecule has 1 aromatic rings. The van der Waals surface area contributed by atoms with Crippen LogP contribution in [0.1, 0.15) is 37.3 Å². The van der Waals surface area contributed by atoms with Crippen LogP contribution in [0.5, 0.6) is 0 Å². The van der Waals surface area contributed by atoms with E-state index < -0.39 is 17.4 Å². The number of halogens is 1. The highest BCUT2D eigenvalue weighted by atomic mass is 35.5. The first-order valence-corrected chi connectivity index (χ1v) is 7.13. The van der Waals surface area contributed by atoms with Crippen molar-refractivity contribution in [1.82, 2.24) is 9.88 Å². The molecular formula is C14H19ClN2O4. The lowest BCUT2D eigenvalue weighted by atomic mass is 9.85. The van der Waals surface area contributed by atoms with Gasteiger partial charge in [0.05, 0.1) is 24.3 Å².